The molecule has 21 heavy (non-hydrogen) atoms. The van der Waals surface area contributed by atoms with Gasteiger partial charge in [0.25, 0.3) is 0 Å². The van der Waals surface area contributed by atoms with E-state index in [1.165, 1.54) is 0 Å². The average molecular weight is 287 g/mol. The molecule has 1 aromatic rings. The highest BCUT2D eigenvalue weighted by Gasteiger charge is 2.44. The Labute approximate surface area is 124 Å². The van der Waals surface area contributed by atoms with Crippen LogP contribution in [0.4, 0.5) is 0 Å². The van der Waals surface area contributed by atoms with Crippen LogP contribution in [0.1, 0.15) is 37.4 Å². The van der Waals surface area contributed by atoms with E-state index in [-0.39, 0.29) is 17.9 Å². The number of aryl methyl sites for hydroxylation is 1. The highest BCUT2D eigenvalue weighted by Crippen LogP contribution is 2.27. The molecule has 0 aromatic carbocycles. The van der Waals surface area contributed by atoms with E-state index in [1.807, 2.05) is 26.0 Å². The van der Waals surface area contributed by atoms with E-state index >= 15 is 0 Å². The zero-order chi connectivity index (χ0) is 15.0. The predicted octanol–water partition coefficient (Wildman–Crippen LogP) is 1.50. The van der Waals surface area contributed by atoms with E-state index in [4.69, 9.17) is 0 Å². The standard InChI is InChI=1S/C16H21N3O2/c1-11-6-5-8-17-13(11)10-19-12(2)15(20)18-9-4-3-7-14(18)16(19)21/h5-6,8,12,14H,3-4,7,9-10H2,1-2H3. The largest absolute Gasteiger partial charge is 0.329 e. The lowest BCUT2D eigenvalue weighted by molar-refractivity contribution is -0.163. The molecule has 2 aliphatic rings. The first-order chi connectivity index (χ1) is 10.1. The Morgan fingerprint density at radius 2 is 2.10 bits per heavy atom. The van der Waals surface area contributed by atoms with Crippen molar-refractivity contribution in [2.24, 2.45) is 0 Å². The summed E-state index contributed by atoms with van der Waals surface area (Å²) < 4.78 is 0. The molecule has 5 nitrogen and oxygen atoms in total. The van der Waals surface area contributed by atoms with Gasteiger partial charge in [-0.3, -0.25) is 14.6 Å². The van der Waals surface area contributed by atoms with Gasteiger partial charge in [0.1, 0.15) is 12.1 Å². The van der Waals surface area contributed by atoms with E-state index in [0.717, 1.165) is 37.1 Å². The van der Waals surface area contributed by atoms with Crippen molar-refractivity contribution in [3.8, 4) is 0 Å². The number of hydrogen-bond acceptors (Lipinski definition) is 3. The minimum absolute atomic E-state index is 0.0758. The molecular weight excluding hydrogens is 266 g/mol. The third-order valence-corrected chi connectivity index (χ3v) is 4.62. The van der Waals surface area contributed by atoms with Crippen LogP contribution in [0.3, 0.4) is 0 Å². The summed E-state index contributed by atoms with van der Waals surface area (Å²) in [6.07, 6.45) is 4.54. The SMILES string of the molecule is Cc1cccnc1CN1C(=O)C2CCCCN2C(=O)C1C. The fraction of sp³-hybridized carbons (Fsp3) is 0.562. The van der Waals surface area contributed by atoms with Crippen LogP contribution in [0.15, 0.2) is 18.3 Å². The number of rotatable bonds is 2. The molecule has 2 unspecified atom stereocenters. The number of hydrogen-bond donors (Lipinski definition) is 0. The second-order valence-corrected chi connectivity index (χ2v) is 5.95. The van der Waals surface area contributed by atoms with Crippen LogP contribution < -0.4 is 0 Å². The minimum Gasteiger partial charge on any atom is -0.329 e. The first kappa shape index (κ1) is 14.0. The van der Waals surface area contributed by atoms with E-state index < -0.39 is 6.04 Å². The molecule has 3 rings (SSSR count). The quantitative estimate of drug-likeness (QED) is 0.828. The molecule has 0 N–H and O–H groups in total. The molecule has 0 spiro atoms. The van der Waals surface area contributed by atoms with E-state index in [2.05, 4.69) is 4.98 Å². The Balaban J connectivity index is 1.86. The minimum atomic E-state index is -0.395. The molecule has 0 saturated carbocycles. The second kappa shape index (κ2) is 5.47. The summed E-state index contributed by atoms with van der Waals surface area (Å²) in [6.45, 7) is 4.94. The lowest BCUT2D eigenvalue weighted by Gasteiger charge is -2.46. The number of carbonyl (C=O) groups is 2. The van der Waals surface area contributed by atoms with Gasteiger partial charge in [0, 0.05) is 12.7 Å². The van der Waals surface area contributed by atoms with Gasteiger partial charge < -0.3 is 9.80 Å². The van der Waals surface area contributed by atoms with Crippen LogP contribution in [0.25, 0.3) is 0 Å². The van der Waals surface area contributed by atoms with Crippen LogP contribution in [-0.4, -0.2) is 45.2 Å². The average Bonchev–Trinajstić information content (AvgIpc) is 2.51. The molecule has 2 saturated heterocycles. The Morgan fingerprint density at radius 1 is 1.29 bits per heavy atom. The molecular formula is C16H21N3O2. The van der Waals surface area contributed by atoms with Crippen LogP contribution in [-0.2, 0) is 16.1 Å². The molecule has 1 aromatic heterocycles. The zero-order valence-corrected chi connectivity index (χ0v) is 12.6. The third-order valence-electron chi connectivity index (χ3n) is 4.62. The van der Waals surface area contributed by atoms with E-state index in [9.17, 15) is 9.59 Å². The molecule has 3 heterocycles. The van der Waals surface area contributed by atoms with Crippen LogP contribution in [0.2, 0.25) is 0 Å². The topological polar surface area (TPSA) is 53.5 Å². The number of carbonyl (C=O) groups excluding carboxylic acids is 2. The first-order valence-corrected chi connectivity index (χ1v) is 7.61. The van der Waals surface area contributed by atoms with Crippen molar-refractivity contribution in [1.82, 2.24) is 14.8 Å². The van der Waals surface area contributed by atoms with Crippen molar-refractivity contribution in [2.45, 2.75) is 51.7 Å². The van der Waals surface area contributed by atoms with Crippen molar-refractivity contribution in [3.05, 3.63) is 29.6 Å². The number of piperazine rings is 1. The Morgan fingerprint density at radius 3 is 2.86 bits per heavy atom. The fourth-order valence-corrected chi connectivity index (χ4v) is 3.27. The maximum Gasteiger partial charge on any atom is 0.246 e. The van der Waals surface area contributed by atoms with Crippen molar-refractivity contribution in [2.75, 3.05) is 6.54 Å². The molecule has 0 bridgehead atoms. The van der Waals surface area contributed by atoms with Gasteiger partial charge in [-0.15, -0.1) is 0 Å². The van der Waals surface area contributed by atoms with Crippen LogP contribution in [0, 0.1) is 6.92 Å². The summed E-state index contributed by atoms with van der Waals surface area (Å²) in [5.41, 5.74) is 1.92. The van der Waals surface area contributed by atoms with Gasteiger partial charge in [-0.2, -0.15) is 0 Å². The monoisotopic (exact) mass is 287 g/mol. The highest BCUT2D eigenvalue weighted by molar-refractivity contribution is 5.96. The van der Waals surface area contributed by atoms with Crippen molar-refractivity contribution in [3.63, 3.8) is 0 Å². The summed E-state index contributed by atoms with van der Waals surface area (Å²) in [5.74, 6) is 0.153. The van der Waals surface area contributed by atoms with Gasteiger partial charge in [0.05, 0.1) is 12.2 Å². The molecule has 5 heteroatoms. The lowest BCUT2D eigenvalue weighted by Crippen LogP contribution is -2.64. The van der Waals surface area contributed by atoms with Crippen molar-refractivity contribution in [1.29, 1.82) is 0 Å². The molecule has 2 amide bonds. The lowest BCUT2D eigenvalue weighted by atomic mass is 9.95. The third kappa shape index (κ3) is 2.41. The van der Waals surface area contributed by atoms with Gasteiger partial charge in [-0.05, 0) is 44.7 Å². The molecule has 0 aliphatic carbocycles. The summed E-state index contributed by atoms with van der Waals surface area (Å²) in [6, 6.07) is 3.21. The van der Waals surface area contributed by atoms with Crippen LogP contribution >= 0.6 is 0 Å². The second-order valence-electron chi connectivity index (χ2n) is 5.95. The maximum atomic E-state index is 12.7. The number of piperidine rings is 1. The first-order valence-electron chi connectivity index (χ1n) is 7.61. The van der Waals surface area contributed by atoms with Gasteiger partial charge in [-0.25, -0.2) is 0 Å². The Kier molecular flexibility index (Phi) is 3.66. The zero-order valence-electron chi connectivity index (χ0n) is 12.6. The van der Waals surface area contributed by atoms with E-state index in [0.29, 0.717) is 6.54 Å². The number of amides is 2. The fourth-order valence-electron chi connectivity index (χ4n) is 3.27. The molecule has 0 radical (unpaired) electrons. The summed E-state index contributed by atoms with van der Waals surface area (Å²) >= 11 is 0. The number of nitrogens with zero attached hydrogens (tertiary/aromatic N) is 3. The maximum absolute atomic E-state index is 12.7. The normalized spacial score (nSPS) is 26.0. The van der Waals surface area contributed by atoms with Gasteiger partial charge in [-0.1, -0.05) is 6.07 Å². The smallest absolute Gasteiger partial charge is 0.246 e. The molecule has 2 atom stereocenters. The highest BCUT2D eigenvalue weighted by atomic mass is 16.2. The van der Waals surface area contributed by atoms with Crippen LogP contribution in [0.5, 0.6) is 0 Å². The number of pyridine rings is 1. The van der Waals surface area contributed by atoms with E-state index in [1.54, 1.807) is 16.0 Å². The van der Waals surface area contributed by atoms with Gasteiger partial charge >= 0.3 is 0 Å². The molecule has 2 aliphatic heterocycles. The van der Waals surface area contributed by atoms with Gasteiger partial charge in [0.15, 0.2) is 0 Å². The Bertz CT molecular complexity index is 572. The van der Waals surface area contributed by atoms with Crippen molar-refractivity contribution < 1.29 is 9.59 Å². The summed E-state index contributed by atoms with van der Waals surface area (Å²) in [4.78, 5) is 33.1. The van der Waals surface area contributed by atoms with Crippen molar-refractivity contribution >= 4 is 11.8 Å². The number of aromatic nitrogens is 1. The summed E-state index contributed by atoms with van der Waals surface area (Å²) in [7, 11) is 0. The predicted molar refractivity (Wildman–Crippen MR) is 78.3 cm³/mol. The molecule has 2 fully saturated rings. The van der Waals surface area contributed by atoms with Gasteiger partial charge in [0.2, 0.25) is 11.8 Å². The summed E-state index contributed by atoms with van der Waals surface area (Å²) in [5, 5.41) is 0. The Hall–Kier alpha value is -1.91. The molecule has 112 valence electrons. The number of fused-ring (bicyclic) bond motifs is 1.